The van der Waals surface area contributed by atoms with E-state index in [1.54, 1.807) is 30.5 Å². The predicted molar refractivity (Wildman–Crippen MR) is 148 cm³/mol. The molecule has 0 spiro atoms. The quantitative estimate of drug-likeness (QED) is 0.257. The number of likely N-dealkylation sites (N-methyl/N-ethyl adjacent to an activating group) is 1. The summed E-state index contributed by atoms with van der Waals surface area (Å²) in [5.74, 6) is 0.856. The number of nitrogens with zero attached hydrogens (tertiary/aromatic N) is 2. The van der Waals surface area contributed by atoms with Crippen molar-refractivity contribution in [1.29, 1.82) is 0 Å². The largest absolute Gasteiger partial charge is 0.468 e. The molecule has 0 unspecified atom stereocenters. The van der Waals surface area contributed by atoms with Gasteiger partial charge in [-0.15, -0.1) is 11.3 Å². The van der Waals surface area contributed by atoms with Gasteiger partial charge in [0.25, 0.3) is 0 Å². The van der Waals surface area contributed by atoms with Crippen molar-refractivity contribution >= 4 is 44.2 Å². The second-order valence-electron chi connectivity index (χ2n) is 8.38. The van der Waals surface area contributed by atoms with Crippen molar-refractivity contribution in [3.63, 3.8) is 0 Å². The molecule has 0 saturated carbocycles. The first-order chi connectivity index (χ1) is 17.2. The number of para-hydroxylation sites is 1. The fourth-order valence-electron chi connectivity index (χ4n) is 3.60. The number of benzene rings is 2. The standard InChI is InChI=1S/C27H26ClN3O3S2/c1-31(18-21-8-6-14-34-21)17-20(29)16-25(30-24-11-4-3-10-23(24)28)27-13-12-26(35-27)19-7-5-9-22(15-19)36(2,32)33/h3-16H,17-18,29H2,1-2H3. The van der Waals surface area contributed by atoms with E-state index in [-0.39, 0.29) is 4.90 Å². The first kappa shape index (κ1) is 25.9. The van der Waals surface area contributed by atoms with Crippen LogP contribution in [0.15, 0.2) is 105 Å². The molecule has 0 amide bonds. The predicted octanol–water partition coefficient (Wildman–Crippen LogP) is 6.16. The molecule has 9 heteroatoms. The highest BCUT2D eigenvalue weighted by atomic mass is 35.5. The third kappa shape index (κ3) is 6.73. The lowest BCUT2D eigenvalue weighted by molar-refractivity contribution is 0.316. The lowest BCUT2D eigenvalue weighted by Gasteiger charge is -2.15. The second kappa shape index (κ2) is 11.3. The SMILES string of the molecule is CN(CC(N)=CC(=Nc1ccccc1Cl)c1ccc(-c2cccc(S(C)(=O)=O)c2)s1)Cc1ccco1. The van der Waals surface area contributed by atoms with Crippen LogP contribution in [-0.4, -0.2) is 38.9 Å². The highest BCUT2D eigenvalue weighted by Crippen LogP contribution is 2.32. The summed E-state index contributed by atoms with van der Waals surface area (Å²) in [4.78, 5) is 8.95. The van der Waals surface area contributed by atoms with E-state index >= 15 is 0 Å². The molecule has 0 saturated heterocycles. The molecule has 2 aromatic carbocycles. The summed E-state index contributed by atoms with van der Waals surface area (Å²) in [5, 5.41) is 0.537. The maximum atomic E-state index is 12.0. The van der Waals surface area contributed by atoms with E-state index in [1.165, 1.54) is 17.6 Å². The number of allylic oxidation sites excluding steroid dienone is 1. The number of aliphatic imine (C=N–C) groups is 1. The van der Waals surface area contributed by atoms with Crippen LogP contribution in [0, 0.1) is 0 Å². The molecular weight excluding hydrogens is 514 g/mol. The van der Waals surface area contributed by atoms with Crippen molar-refractivity contribution in [2.45, 2.75) is 11.4 Å². The van der Waals surface area contributed by atoms with Crippen molar-refractivity contribution < 1.29 is 12.8 Å². The van der Waals surface area contributed by atoms with Gasteiger partial charge in [0.05, 0.1) is 39.0 Å². The minimum atomic E-state index is -3.31. The van der Waals surface area contributed by atoms with Crippen LogP contribution in [0.2, 0.25) is 5.02 Å². The summed E-state index contributed by atoms with van der Waals surface area (Å²) in [6, 6.07) is 22.0. The highest BCUT2D eigenvalue weighted by Gasteiger charge is 2.13. The van der Waals surface area contributed by atoms with Gasteiger partial charge in [-0.05, 0) is 67.2 Å². The number of hydrogen-bond acceptors (Lipinski definition) is 7. The topological polar surface area (TPSA) is 88.9 Å². The van der Waals surface area contributed by atoms with E-state index in [4.69, 9.17) is 26.7 Å². The lowest BCUT2D eigenvalue weighted by Crippen LogP contribution is -2.24. The van der Waals surface area contributed by atoms with Crippen LogP contribution in [0.5, 0.6) is 0 Å². The lowest BCUT2D eigenvalue weighted by atomic mass is 10.2. The molecule has 0 radical (unpaired) electrons. The summed E-state index contributed by atoms with van der Waals surface area (Å²) in [7, 11) is -1.34. The Morgan fingerprint density at radius 1 is 1.11 bits per heavy atom. The van der Waals surface area contributed by atoms with Crippen molar-refractivity contribution in [1.82, 2.24) is 4.90 Å². The Kier molecular flexibility index (Phi) is 8.11. The number of thiophene rings is 1. The van der Waals surface area contributed by atoms with Crippen LogP contribution < -0.4 is 5.73 Å². The average molecular weight is 540 g/mol. The molecule has 6 nitrogen and oxygen atoms in total. The zero-order chi connectivity index (χ0) is 25.7. The Morgan fingerprint density at radius 2 is 1.92 bits per heavy atom. The summed E-state index contributed by atoms with van der Waals surface area (Å²) in [6.07, 6.45) is 4.71. The fraction of sp³-hybridized carbons (Fsp3) is 0.148. The monoisotopic (exact) mass is 539 g/mol. The number of nitrogens with two attached hydrogens (primary N) is 1. The van der Waals surface area contributed by atoms with E-state index in [1.807, 2.05) is 66.6 Å². The maximum absolute atomic E-state index is 12.0. The van der Waals surface area contributed by atoms with Crippen LogP contribution >= 0.6 is 22.9 Å². The molecule has 186 valence electrons. The minimum absolute atomic E-state index is 0.281. The van der Waals surface area contributed by atoms with E-state index in [0.29, 0.717) is 35.2 Å². The fourth-order valence-corrected chi connectivity index (χ4v) is 5.41. The molecule has 0 aliphatic carbocycles. The zero-order valence-corrected chi connectivity index (χ0v) is 22.3. The summed E-state index contributed by atoms with van der Waals surface area (Å²) in [6.45, 7) is 1.13. The Balaban J connectivity index is 1.67. The highest BCUT2D eigenvalue weighted by molar-refractivity contribution is 7.90. The molecule has 0 fully saturated rings. The smallest absolute Gasteiger partial charge is 0.175 e. The molecule has 4 aromatic rings. The molecule has 0 bridgehead atoms. The van der Waals surface area contributed by atoms with Gasteiger partial charge in [-0.2, -0.15) is 0 Å². The summed E-state index contributed by atoms with van der Waals surface area (Å²) in [5.41, 5.74) is 9.19. The van der Waals surface area contributed by atoms with Crippen LogP contribution in [0.4, 0.5) is 5.69 Å². The van der Waals surface area contributed by atoms with Crippen molar-refractivity contribution in [3.8, 4) is 10.4 Å². The third-order valence-corrected chi connectivity index (χ3v) is 7.87. The molecule has 36 heavy (non-hydrogen) atoms. The molecule has 0 aliphatic rings. The molecule has 0 atom stereocenters. The van der Waals surface area contributed by atoms with Crippen molar-refractivity contribution in [2.24, 2.45) is 10.7 Å². The summed E-state index contributed by atoms with van der Waals surface area (Å²) < 4.78 is 29.5. The van der Waals surface area contributed by atoms with Crippen molar-refractivity contribution in [2.75, 3.05) is 19.8 Å². The Hall–Kier alpha value is -3.17. The van der Waals surface area contributed by atoms with Gasteiger partial charge in [-0.25, -0.2) is 13.4 Å². The van der Waals surface area contributed by atoms with Gasteiger partial charge >= 0.3 is 0 Å². The van der Waals surface area contributed by atoms with E-state index in [2.05, 4.69) is 0 Å². The van der Waals surface area contributed by atoms with Crippen LogP contribution in [0.1, 0.15) is 10.6 Å². The second-order valence-corrected chi connectivity index (χ2v) is 11.9. The normalized spacial score (nSPS) is 12.9. The average Bonchev–Trinajstić information content (AvgIpc) is 3.52. The van der Waals surface area contributed by atoms with Gasteiger partial charge < -0.3 is 10.2 Å². The molecule has 2 aromatic heterocycles. The number of hydrogen-bond donors (Lipinski definition) is 1. The van der Waals surface area contributed by atoms with Crippen LogP contribution in [-0.2, 0) is 16.4 Å². The van der Waals surface area contributed by atoms with Gasteiger partial charge in [-0.3, -0.25) is 4.90 Å². The first-order valence-electron chi connectivity index (χ1n) is 11.1. The molecule has 2 N–H and O–H groups in total. The Morgan fingerprint density at radius 3 is 2.64 bits per heavy atom. The number of furan rings is 1. The van der Waals surface area contributed by atoms with E-state index in [9.17, 15) is 8.42 Å². The van der Waals surface area contributed by atoms with E-state index in [0.717, 1.165) is 21.1 Å². The summed E-state index contributed by atoms with van der Waals surface area (Å²) >= 11 is 7.89. The molecule has 2 heterocycles. The van der Waals surface area contributed by atoms with Gasteiger partial charge in [0, 0.05) is 23.4 Å². The number of sulfone groups is 1. The first-order valence-corrected chi connectivity index (χ1v) is 14.2. The van der Waals surface area contributed by atoms with Crippen molar-refractivity contribution in [3.05, 3.63) is 106 Å². The molecular formula is C27H26ClN3O3S2. The van der Waals surface area contributed by atoms with E-state index < -0.39 is 9.84 Å². The van der Waals surface area contributed by atoms with Crippen LogP contribution in [0.3, 0.4) is 0 Å². The molecule has 4 rings (SSSR count). The van der Waals surface area contributed by atoms with Crippen LogP contribution in [0.25, 0.3) is 10.4 Å². The van der Waals surface area contributed by atoms with Gasteiger partial charge in [0.15, 0.2) is 9.84 Å². The minimum Gasteiger partial charge on any atom is -0.468 e. The number of halogens is 1. The Labute approximate surface area is 220 Å². The Bertz CT molecular complexity index is 1510. The third-order valence-electron chi connectivity index (χ3n) is 5.28. The van der Waals surface area contributed by atoms with Gasteiger partial charge in [-0.1, -0.05) is 35.9 Å². The number of rotatable bonds is 9. The maximum Gasteiger partial charge on any atom is 0.175 e. The van der Waals surface area contributed by atoms with Gasteiger partial charge in [0.2, 0.25) is 0 Å². The molecule has 0 aliphatic heterocycles. The zero-order valence-electron chi connectivity index (χ0n) is 19.9. The van der Waals surface area contributed by atoms with Gasteiger partial charge in [0.1, 0.15) is 5.76 Å².